The molecule has 27 heavy (non-hydrogen) atoms. The van der Waals surface area contributed by atoms with Crippen LogP contribution in [0.25, 0.3) is 0 Å². The summed E-state index contributed by atoms with van der Waals surface area (Å²) in [5.74, 6) is 1.96. The van der Waals surface area contributed by atoms with Gasteiger partial charge >= 0.3 is 0 Å². The van der Waals surface area contributed by atoms with Crippen molar-refractivity contribution in [3.8, 4) is 5.75 Å². The lowest BCUT2D eigenvalue weighted by Gasteiger charge is -2.34. The Morgan fingerprint density at radius 3 is 2.41 bits per heavy atom. The number of Topliss-reactive ketones (excluding diaryl/α,β-unsaturated/α-hetero) is 1. The Morgan fingerprint density at radius 2 is 1.78 bits per heavy atom. The third-order valence-corrected chi connectivity index (χ3v) is 6.62. The molecule has 5 heteroatoms. The number of ether oxygens (including phenoxy) is 1. The van der Waals surface area contributed by atoms with E-state index in [2.05, 4.69) is 4.90 Å². The first-order valence-corrected chi connectivity index (χ1v) is 10.8. The number of methoxy groups -OCH3 is 1. The molecular weight excluding hydrogens is 360 g/mol. The molecule has 1 aliphatic heterocycles. The Bertz CT molecular complexity index is 633. The summed E-state index contributed by atoms with van der Waals surface area (Å²) in [4.78, 5) is 15.4. The summed E-state index contributed by atoms with van der Waals surface area (Å²) >= 11 is 6.11. The van der Waals surface area contributed by atoms with Gasteiger partial charge in [0.1, 0.15) is 5.75 Å². The van der Waals surface area contributed by atoms with Crippen molar-refractivity contribution in [2.75, 3.05) is 32.5 Å². The van der Waals surface area contributed by atoms with Gasteiger partial charge in [-0.1, -0.05) is 37.3 Å². The fraction of sp³-hybridized carbons (Fsp3) is 0.682. The number of hydrogen-bond acceptors (Lipinski definition) is 4. The van der Waals surface area contributed by atoms with E-state index in [0.29, 0.717) is 34.4 Å². The summed E-state index contributed by atoms with van der Waals surface area (Å²) < 4.78 is 5.34. The SMILES string of the molecule is COc1cc(N)c(Cl)cc1C(=O)CC1CCN(CC2CCCCCC2)CC1. The van der Waals surface area contributed by atoms with Gasteiger partial charge in [-0.25, -0.2) is 0 Å². The Kier molecular flexibility index (Phi) is 7.42. The summed E-state index contributed by atoms with van der Waals surface area (Å²) in [5.41, 5.74) is 6.82. The molecule has 2 aliphatic rings. The van der Waals surface area contributed by atoms with Crippen molar-refractivity contribution in [1.29, 1.82) is 0 Å². The second kappa shape index (κ2) is 9.79. The van der Waals surface area contributed by atoms with Crippen LogP contribution in [-0.2, 0) is 0 Å². The van der Waals surface area contributed by atoms with E-state index in [0.717, 1.165) is 31.8 Å². The van der Waals surface area contributed by atoms with Crippen molar-refractivity contribution in [2.45, 2.75) is 57.8 Å². The van der Waals surface area contributed by atoms with Crippen molar-refractivity contribution in [3.63, 3.8) is 0 Å². The van der Waals surface area contributed by atoms with Crippen molar-refractivity contribution in [2.24, 2.45) is 11.8 Å². The van der Waals surface area contributed by atoms with Crippen LogP contribution in [0, 0.1) is 11.8 Å². The van der Waals surface area contributed by atoms with Crippen molar-refractivity contribution in [3.05, 3.63) is 22.7 Å². The number of piperidine rings is 1. The smallest absolute Gasteiger partial charge is 0.166 e. The van der Waals surface area contributed by atoms with E-state index in [1.807, 2.05) is 0 Å². The Morgan fingerprint density at radius 1 is 1.11 bits per heavy atom. The number of hydrogen-bond donors (Lipinski definition) is 1. The molecule has 150 valence electrons. The molecule has 1 saturated carbocycles. The second-order valence-corrected chi connectivity index (χ2v) is 8.71. The molecule has 3 rings (SSSR count). The number of nitrogen functional groups attached to an aromatic ring is 1. The summed E-state index contributed by atoms with van der Waals surface area (Å²) in [5, 5.41) is 0.414. The topological polar surface area (TPSA) is 55.6 Å². The maximum absolute atomic E-state index is 12.8. The summed E-state index contributed by atoms with van der Waals surface area (Å²) in [6, 6.07) is 3.30. The summed E-state index contributed by atoms with van der Waals surface area (Å²) in [7, 11) is 1.56. The number of nitrogens with two attached hydrogens (primary N) is 1. The maximum atomic E-state index is 12.8. The van der Waals surface area contributed by atoms with Crippen LogP contribution in [0.4, 0.5) is 5.69 Å². The van der Waals surface area contributed by atoms with Crippen LogP contribution in [0.5, 0.6) is 5.75 Å². The van der Waals surface area contributed by atoms with E-state index in [-0.39, 0.29) is 5.78 Å². The third kappa shape index (κ3) is 5.61. The van der Waals surface area contributed by atoms with Crippen molar-refractivity contribution >= 4 is 23.1 Å². The quantitative estimate of drug-likeness (QED) is 0.411. The van der Waals surface area contributed by atoms with E-state index < -0.39 is 0 Å². The zero-order valence-corrected chi connectivity index (χ0v) is 17.3. The molecule has 2 fully saturated rings. The molecule has 0 bridgehead atoms. The van der Waals surface area contributed by atoms with Crippen LogP contribution in [0.3, 0.4) is 0 Å². The van der Waals surface area contributed by atoms with Crippen LogP contribution in [0.1, 0.15) is 68.1 Å². The molecule has 0 radical (unpaired) electrons. The number of benzene rings is 1. The number of carbonyl (C=O) groups excluding carboxylic acids is 1. The highest BCUT2D eigenvalue weighted by atomic mass is 35.5. The van der Waals surface area contributed by atoms with Gasteiger partial charge in [-0.05, 0) is 56.7 Å². The lowest BCUT2D eigenvalue weighted by atomic mass is 9.88. The fourth-order valence-electron chi connectivity index (χ4n) is 4.61. The molecule has 1 aliphatic carbocycles. The van der Waals surface area contributed by atoms with Crippen LogP contribution >= 0.6 is 11.6 Å². The van der Waals surface area contributed by atoms with Gasteiger partial charge in [0.15, 0.2) is 5.78 Å². The van der Waals surface area contributed by atoms with Gasteiger partial charge < -0.3 is 15.4 Å². The highest BCUT2D eigenvalue weighted by Crippen LogP contribution is 2.32. The van der Waals surface area contributed by atoms with Crippen molar-refractivity contribution in [1.82, 2.24) is 4.90 Å². The molecule has 1 aromatic rings. The molecule has 1 heterocycles. The lowest BCUT2D eigenvalue weighted by molar-refractivity contribution is 0.0915. The molecule has 0 unspecified atom stereocenters. The van der Waals surface area contributed by atoms with E-state index in [9.17, 15) is 4.79 Å². The highest BCUT2D eigenvalue weighted by molar-refractivity contribution is 6.33. The van der Waals surface area contributed by atoms with Crippen molar-refractivity contribution < 1.29 is 9.53 Å². The molecule has 0 spiro atoms. The third-order valence-electron chi connectivity index (χ3n) is 6.29. The number of ketones is 1. The molecule has 1 aromatic carbocycles. The number of likely N-dealkylation sites (tertiary alicyclic amines) is 1. The van der Waals surface area contributed by atoms with Gasteiger partial charge in [0, 0.05) is 19.0 Å². The van der Waals surface area contributed by atoms with E-state index in [1.165, 1.54) is 45.1 Å². The van der Waals surface area contributed by atoms with E-state index >= 15 is 0 Å². The van der Waals surface area contributed by atoms with Gasteiger partial charge in [-0.2, -0.15) is 0 Å². The van der Waals surface area contributed by atoms with Crippen LogP contribution in [0.2, 0.25) is 5.02 Å². The first-order valence-electron chi connectivity index (χ1n) is 10.5. The van der Waals surface area contributed by atoms with Gasteiger partial charge in [0.05, 0.1) is 23.4 Å². The average molecular weight is 393 g/mol. The minimum Gasteiger partial charge on any atom is -0.496 e. The number of nitrogens with zero attached hydrogens (tertiary/aromatic N) is 1. The lowest BCUT2D eigenvalue weighted by Crippen LogP contribution is -2.37. The summed E-state index contributed by atoms with van der Waals surface area (Å²) in [6.45, 7) is 3.49. The largest absolute Gasteiger partial charge is 0.496 e. The van der Waals surface area contributed by atoms with Crippen LogP contribution < -0.4 is 10.5 Å². The second-order valence-electron chi connectivity index (χ2n) is 8.30. The standard InChI is InChI=1S/C22H33ClN2O2/c1-27-22-14-20(24)19(23)13-18(22)21(26)12-16-8-10-25(11-9-16)15-17-6-4-2-3-5-7-17/h13-14,16-17H,2-12,15,24H2,1H3. The average Bonchev–Trinajstić information content (AvgIpc) is 2.93. The first kappa shape index (κ1) is 20.5. The zero-order chi connectivity index (χ0) is 19.2. The Labute approximate surface area is 168 Å². The van der Waals surface area contributed by atoms with Gasteiger partial charge in [0.2, 0.25) is 0 Å². The minimum atomic E-state index is 0.107. The molecule has 4 nitrogen and oxygen atoms in total. The molecule has 1 saturated heterocycles. The van der Waals surface area contributed by atoms with Crippen LogP contribution in [-0.4, -0.2) is 37.4 Å². The van der Waals surface area contributed by atoms with Crippen LogP contribution in [0.15, 0.2) is 12.1 Å². The maximum Gasteiger partial charge on any atom is 0.166 e. The first-order chi connectivity index (χ1) is 13.1. The normalized spacial score (nSPS) is 20.4. The predicted molar refractivity (Wildman–Crippen MR) is 112 cm³/mol. The van der Waals surface area contributed by atoms with Gasteiger partial charge in [-0.15, -0.1) is 0 Å². The zero-order valence-electron chi connectivity index (χ0n) is 16.5. The molecule has 0 atom stereocenters. The Balaban J connectivity index is 1.50. The number of halogens is 1. The summed E-state index contributed by atoms with van der Waals surface area (Å²) in [6.07, 6.45) is 11.2. The minimum absolute atomic E-state index is 0.107. The Hall–Kier alpha value is -1.26. The highest BCUT2D eigenvalue weighted by Gasteiger charge is 2.25. The fourth-order valence-corrected chi connectivity index (χ4v) is 4.78. The molecule has 0 amide bonds. The van der Waals surface area contributed by atoms with Gasteiger partial charge in [-0.3, -0.25) is 4.79 Å². The number of rotatable bonds is 6. The molecule has 2 N–H and O–H groups in total. The predicted octanol–water partition coefficient (Wildman–Crippen LogP) is 5.19. The molecule has 0 aromatic heterocycles. The monoisotopic (exact) mass is 392 g/mol. The van der Waals surface area contributed by atoms with E-state index in [4.69, 9.17) is 22.1 Å². The van der Waals surface area contributed by atoms with Gasteiger partial charge in [0.25, 0.3) is 0 Å². The number of carbonyl (C=O) groups is 1. The number of anilines is 1. The molecular formula is C22H33ClN2O2. The van der Waals surface area contributed by atoms with E-state index in [1.54, 1.807) is 19.2 Å².